The van der Waals surface area contributed by atoms with Crippen LogP contribution in [-0.4, -0.2) is 16.9 Å². The van der Waals surface area contributed by atoms with Gasteiger partial charge in [0.05, 0.1) is 15.1 Å². The average Bonchev–Trinajstić information content (AvgIpc) is 2.60. The second-order valence-electron chi connectivity index (χ2n) is 5.56. The van der Waals surface area contributed by atoms with E-state index in [1.165, 1.54) is 6.07 Å². The van der Waals surface area contributed by atoms with Crippen molar-refractivity contribution in [2.45, 2.75) is 26.3 Å². The van der Waals surface area contributed by atoms with Crippen molar-refractivity contribution in [3.05, 3.63) is 56.5 Å². The molecular weight excluding hydrogens is 399 g/mol. The largest absolute Gasteiger partial charge is 0.505 e. The molecule has 2 amide bonds. The molecule has 138 valence electrons. The zero-order chi connectivity index (χ0) is 19.3. The summed E-state index contributed by atoms with van der Waals surface area (Å²) in [5.41, 5.74) is 1.31. The molecule has 2 rings (SSSR count). The predicted octanol–water partition coefficient (Wildman–Crippen LogP) is 5.02. The van der Waals surface area contributed by atoms with Gasteiger partial charge in [-0.25, -0.2) is 0 Å². The van der Waals surface area contributed by atoms with E-state index in [0.717, 1.165) is 12.0 Å². The summed E-state index contributed by atoms with van der Waals surface area (Å²) in [7, 11) is 0. The zero-order valence-corrected chi connectivity index (χ0v) is 16.2. The Morgan fingerprint density at radius 1 is 1.08 bits per heavy atom. The van der Waals surface area contributed by atoms with Gasteiger partial charge in [0, 0.05) is 18.7 Å². The Balaban J connectivity index is 2.03. The van der Waals surface area contributed by atoms with Crippen molar-refractivity contribution in [2.75, 3.05) is 5.32 Å². The summed E-state index contributed by atoms with van der Waals surface area (Å²) in [5.74, 6) is -1.07. The molecule has 26 heavy (non-hydrogen) atoms. The van der Waals surface area contributed by atoms with Crippen molar-refractivity contribution < 1.29 is 14.7 Å². The highest BCUT2D eigenvalue weighted by atomic mass is 35.5. The first-order chi connectivity index (χ1) is 12.3. The van der Waals surface area contributed by atoms with Crippen LogP contribution in [0.2, 0.25) is 15.1 Å². The van der Waals surface area contributed by atoms with E-state index in [2.05, 4.69) is 10.6 Å². The van der Waals surface area contributed by atoms with Gasteiger partial charge in [-0.05, 0) is 30.2 Å². The number of rotatable bonds is 6. The van der Waals surface area contributed by atoms with Crippen LogP contribution in [0.15, 0.2) is 30.3 Å². The van der Waals surface area contributed by atoms with Gasteiger partial charge < -0.3 is 15.7 Å². The molecule has 2 aromatic carbocycles. The van der Waals surface area contributed by atoms with Crippen molar-refractivity contribution in [3.8, 4) is 5.75 Å². The molecule has 8 heteroatoms. The topological polar surface area (TPSA) is 78.4 Å². The number of hydrogen-bond donors (Lipinski definition) is 3. The minimum atomic E-state index is -0.600. The van der Waals surface area contributed by atoms with Crippen molar-refractivity contribution in [1.29, 1.82) is 0 Å². The summed E-state index contributed by atoms with van der Waals surface area (Å²) in [5, 5.41) is 15.3. The van der Waals surface area contributed by atoms with Gasteiger partial charge in [-0.15, -0.1) is 0 Å². The summed E-state index contributed by atoms with van der Waals surface area (Å²) in [6, 6.07) is 8.30. The van der Waals surface area contributed by atoms with Gasteiger partial charge >= 0.3 is 0 Å². The Labute approximate surface area is 166 Å². The van der Waals surface area contributed by atoms with E-state index in [-0.39, 0.29) is 33.1 Å². The fourth-order valence-corrected chi connectivity index (χ4v) is 2.91. The minimum Gasteiger partial charge on any atom is -0.505 e. The van der Waals surface area contributed by atoms with Crippen LogP contribution in [0.3, 0.4) is 0 Å². The van der Waals surface area contributed by atoms with Gasteiger partial charge in [-0.2, -0.15) is 0 Å². The highest BCUT2D eigenvalue weighted by Gasteiger charge is 2.21. The molecule has 0 saturated heterocycles. The number of carbonyl (C=O) groups is 2. The van der Waals surface area contributed by atoms with Crippen LogP contribution >= 0.6 is 34.8 Å². The third-order valence-electron chi connectivity index (χ3n) is 3.54. The molecule has 0 spiro atoms. The second-order valence-corrected chi connectivity index (χ2v) is 6.75. The molecule has 2 aromatic rings. The molecule has 0 saturated carbocycles. The van der Waals surface area contributed by atoms with Crippen molar-refractivity contribution in [2.24, 2.45) is 0 Å². The number of hydrogen-bond acceptors (Lipinski definition) is 3. The second kappa shape index (κ2) is 9.12. The molecule has 0 aliphatic heterocycles. The number of phenols is 1. The summed E-state index contributed by atoms with van der Waals surface area (Å²) in [4.78, 5) is 23.9. The van der Waals surface area contributed by atoms with E-state index >= 15 is 0 Å². The maximum Gasteiger partial charge on any atom is 0.256 e. The highest BCUT2D eigenvalue weighted by molar-refractivity contribution is 6.45. The number of amides is 2. The number of phenolic OH excluding ortho intramolecular Hbond substituents is 1. The number of benzene rings is 2. The first-order valence-electron chi connectivity index (χ1n) is 7.87. The molecule has 0 aliphatic carbocycles. The van der Waals surface area contributed by atoms with Gasteiger partial charge in [-0.1, -0.05) is 53.9 Å². The standard InChI is InChI=1S/C18H17Cl3N2O3/c1-2-3-14(24)23-11-6-4-10(5-7-11)9-22-18(26)15-16(21)12(19)8-13(20)17(15)25/h4-8,25H,2-3,9H2,1H3,(H,22,26)(H,23,24). The first-order valence-corrected chi connectivity index (χ1v) is 9.00. The van der Waals surface area contributed by atoms with E-state index in [0.29, 0.717) is 12.1 Å². The Bertz CT molecular complexity index is 797. The third kappa shape index (κ3) is 5.04. The van der Waals surface area contributed by atoms with Crippen LogP contribution in [0.1, 0.15) is 35.7 Å². The van der Waals surface area contributed by atoms with Gasteiger partial charge in [0.15, 0.2) is 0 Å². The van der Waals surface area contributed by atoms with Crippen LogP contribution < -0.4 is 10.6 Å². The summed E-state index contributed by atoms with van der Waals surface area (Å²) in [6.45, 7) is 2.13. The van der Waals surface area contributed by atoms with E-state index < -0.39 is 11.7 Å². The molecule has 0 atom stereocenters. The number of nitrogens with one attached hydrogen (secondary N) is 2. The molecule has 0 radical (unpaired) electrons. The lowest BCUT2D eigenvalue weighted by molar-refractivity contribution is -0.116. The quantitative estimate of drug-likeness (QED) is 0.580. The van der Waals surface area contributed by atoms with Gasteiger partial charge in [0.1, 0.15) is 11.3 Å². The van der Waals surface area contributed by atoms with E-state index in [4.69, 9.17) is 34.8 Å². The van der Waals surface area contributed by atoms with Gasteiger partial charge in [0.2, 0.25) is 5.91 Å². The Morgan fingerprint density at radius 3 is 2.35 bits per heavy atom. The van der Waals surface area contributed by atoms with Crippen molar-refractivity contribution in [3.63, 3.8) is 0 Å². The molecule has 0 aromatic heterocycles. The summed E-state index contributed by atoms with van der Waals surface area (Å²) >= 11 is 17.7. The van der Waals surface area contributed by atoms with E-state index in [9.17, 15) is 14.7 Å². The SMILES string of the molecule is CCCC(=O)Nc1ccc(CNC(=O)c2c(O)c(Cl)cc(Cl)c2Cl)cc1. The molecule has 5 nitrogen and oxygen atoms in total. The van der Waals surface area contributed by atoms with Crippen molar-refractivity contribution in [1.82, 2.24) is 5.32 Å². The van der Waals surface area contributed by atoms with Crippen LogP contribution in [0.25, 0.3) is 0 Å². The average molecular weight is 416 g/mol. The molecule has 0 unspecified atom stereocenters. The van der Waals surface area contributed by atoms with Gasteiger partial charge in [0.25, 0.3) is 5.91 Å². The lowest BCUT2D eigenvalue weighted by Crippen LogP contribution is -2.23. The monoisotopic (exact) mass is 414 g/mol. The Hall–Kier alpha value is -1.95. The number of halogens is 3. The maximum atomic E-state index is 12.3. The van der Waals surface area contributed by atoms with E-state index in [1.807, 2.05) is 6.92 Å². The van der Waals surface area contributed by atoms with Crippen LogP contribution in [0.5, 0.6) is 5.75 Å². The summed E-state index contributed by atoms with van der Waals surface area (Å²) in [6.07, 6.45) is 1.24. The lowest BCUT2D eigenvalue weighted by Gasteiger charge is -2.11. The summed E-state index contributed by atoms with van der Waals surface area (Å²) < 4.78 is 0. The zero-order valence-electron chi connectivity index (χ0n) is 13.9. The fourth-order valence-electron chi connectivity index (χ4n) is 2.22. The minimum absolute atomic E-state index is 0.0449. The van der Waals surface area contributed by atoms with Crippen molar-refractivity contribution >= 4 is 52.3 Å². The number of anilines is 1. The normalized spacial score (nSPS) is 10.5. The molecule has 3 N–H and O–H groups in total. The molecule has 0 fully saturated rings. The maximum absolute atomic E-state index is 12.3. The van der Waals surface area contributed by atoms with Gasteiger partial charge in [-0.3, -0.25) is 9.59 Å². The van der Waals surface area contributed by atoms with Crippen LogP contribution in [0, 0.1) is 0 Å². The molecule has 0 aliphatic rings. The molecule has 0 bridgehead atoms. The molecular formula is C18H17Cl3N2O3. The predicted molar refractivity (Wildman–Crippen MR) is 104 cm³/mol. The number of carbonyl (C=O) groups excluding carboxylic acids is 2. The first kappa shape index (κ1) is 20.4. The Kier molecular flexibility index (Phi) is 7.14. The van der Waals surface area contributed by atoms with E-state index in [1.54, 1.807) is 24.3 Å². The smallest absolute Gasteiger partial charge is 0.256 e. The number of aromatic hydroxyl groups is 1. The van der Waals surface area contributed by atoms with Crippen LogP contribution in [-0.2, 0) is 11.3 Å². The Morgan fingerprint density at radius 2 is 1.73 bits per heavy atom. The lowest BCUT2D eigenvalue weighted by atomic mass is 10.1. The fraction of sp³-hybridized carbons (Fsp3) is 0.222. The third-order valence-corrected chi connectivity index (χ3v) is 4.62. The highest BCUT2D eigenvalue weighted by Crippen LogP contribution is 2.38. The molecule has 0 heterocycles. The van der Waals surface area contributed by atoms with Crippen LogP contribution in [0.4, 0.5) is 5.69 Å².